The Kier molecular flexibility index (Phi) is 11.3. The molecule has 210 valence electrons. The number of hydrogen-bond acceptors (Lipinski definition) is 7. The summed E-state index contributed by atoms with van der Waals surface area (Å²) in [5.74, 6) is 0.982. The lowest BCUT2D eigenvalue weighted by atomic mass is 10.1. The molecule has 1 N–H and O–H groups in total. The predicted molar refractivity (Wildman–Crippen MR) is 152 cm³/mol. The summed E-state index contributed by atoms with van der Waals surface area (Å²) in [5, 5.41) is 3.16. The van der Waals surface area contributed by atoms with Gasteiger partial charge in [0, 0.05) is 50.5 Å². The summed E-state index contributed by atoms with van der Waals surface area (Å²) < 4.78 is 18.6. The minimum Gasteiger partial charge on any atom is -0.494 e. The van der Waals surface area contributed by atoms with Crippen molar-refractivity contribution in [2.75, 3.05) is 34.0 Å². The van der Waals surface area contributed by atoms with Crippen molar-refractivity contribution in [3.05, 3.63) is 61.9 Å². The standard InChI is InChI=1S/C29H40N6O4/c1-7-10-17-39-28-27-30-14-15-34(27)20-25(33-28)23-18-24(31-19-26(23)38-6)21(4)35(9-3)29(36)32-22(12-8-2)13-11-16-37-5/h7-8,14-15,18-22H,1-2,9-13,16-17H2,3-6H3,(H,32,36)/t21-,22?/m1/s1. The number of methoxy groups -OCH3 is 2. The van der Waals surface area contributed by atoms with Crippen molar-refractivity contribution < 1.29 is 19.0 Å². The molecule has 3 rings (SSSR count). The van der Waals surface area contributed by atoms with E-state index < -0.39 is 0 Å². The van der Waals surface area contributed by atoms with Crippen LogP contribution in [0.4, 0.5) is 4.79 Å². The van der Waals surface area contributed by atoms with E-state index in [1.165, 1.54) is 0 Å². The van der Waals surface area contributed by atoms with Crippen molar-refractivity contribution >= 4 is 11.7 Å². The lowest BCUT2D eigenvalue weighted by molar-refractivity contribution is 0.171. The van der Waals surface area contributed by atoms with Gasteiger partial charge in [-0.15, -0.1) is 13.2 Å². The fourth-order valence-corrected chi connectivity index (χ4v) is 4.35. The average molecular weight is 537 g/mol. The summed E-state index contributed by atoms with van der Waals surface area (Å²) in [5.41, 5.74) is 2.71. The maximum Gasteiger partial charge on any atom is 0.318 e. The fraction of sp³-hybridized carbons (Fsp3) is 0.448. The second-order valence-corrected chi connectivity index (χ2v) is 9.09. The molecule has 0 aliphatic carbocycles. The van der Waals surface area contributed by atoms with Crippen molar-refractivity contribution in [1.29, 1.82) is 0 Å². The van der Waals surface area contributed by atoms with Gasteiger partial charge in [0.1, 0.15) is 5.75 Å². The monoisotopic (exact) mass is 536 g/mol. The number of urea groups is 1. The smallest absolute Gasteiger partial charge is 0.318 e. The number of aromatic nitrogens is 4. The van der Waals surface area contributed by atoms with Gasteiger partial charge in [-0.05, 0) is 45.6 Å². The van der Waals surface area contributed by atoms with Gasteiger partial charge in [0.05, 0.1) is 37.3 Å². The van der Waals surface area contributed by atoms with E-state index in [4.69, 9.17) is 19.2 Å². The maximum absolute atomic E-state index is 13.3. The first kappa shape index (κ1) is 29.6. The number of hydrogen-bond donors (Lipinski definition) is 1. The van der Waals surface area contributed by atoms with Crippen LogP contribution in [0, 0.1) is 0 Å². The van der Waals surface area contributed by atoms with Crippen LogP contribution in [0.2, 0.25) is 0 Å². The summed E-state index contributed by atoms with van der Waals surface area (Å²) in [6, 6.07) is 1.45. The SMILES string of the molecule is C=CCCOc1nc(-c2cc([C@@H](C)N(CC)C(=O)NC(CC=C)CCCOC)ncc2OC)cn2ccnc12. The molecule has 0 radical (unpaired) electrons. The molecule has 0 saturated heterocycles. The first-order valence-corrected chi connectivity index (χ1v) is 13.3. The molecule has 3 aromatic heterocycles. The molecule has 0 bridgehead atoms. The Balaban J connectivity index is 1.90. The number of carbonyl (C=O) groups is 1. The number of carbonyl (C=O) groups excluding carboxylic acids is 1. The normalized spacial score (nSPS) is 12.5. The molecule has 39 heavy (non-hydrogen) atoms. The lowest BCUT2D eigenvalue weighted by Gasteiger charge is -2.30. The minimum absolute atomic E-state index is 0.0172. The van der Waals surface area contributed by atoms with E-state index in [9.17, 15) is 4.79 Å². The highest BCUT2D eigenvalue weighted by Gasteiger charge is 2.25. The highest BCUT2D eigenvalue weighted by atomic mass is 16.5. The average Bonchev–Trinajstić information content (AvgIpc) is 3.42. The molecule has 0 fully saturated rings. The Morgan fingerprint density at radius 2 is 2.05 bits per heavy atom. The molecule has 0 saturated carbocycles. The molecule has 3 aromatic rings. The number of rotatable bonds is 16. The Hall–Kier alpha value is -3.92. The number of fused-ring (bicyclic) bond motifs is 1. The van der Waals surface area contributed by atoms with Gasteiger partial charge in [-0.1, -0.05) is 12.2 Å². The topological polar surface area (TPSA) is 103 Å². The van der Waals surface area contributed by atoms with Crippen LogP contribution in [0.15, 0.2) is 56.2 Å². The second-order valence-electron chi connectivity index (χ2n) is 9.09. The zero-order chi connectivity index (χ0) is 28.2. The Bertz CT molecular complexity index is 1240. The predicted octanol–water partition coefficient (Wildman–Crippen LogP) is 5.22. The van der Waals surface area contributed by atoms with Crippen molar-refractivity contribution in [3.63, 3.8) is 0 Å². The molecule has 1 unspecified atom stereocenters. The van der Waals surface area contributed by atoms with E-state index in [-0.39, 0.29) is 18.1 Å². The Labute approximate surface area is 230 Å². The van der Waals surface area contributed by atoms with Crippen LogP contribution in [0.1, 0.15) is 51.3 Å². The van der Waals surface area contributed by atoms with Crippen molar-refractivity contribution in [1.82, 2.24) is 29.6 Å². The molecular weight excluding hydrogens is 496 g/mol. The highest BCUT2D eigenvalue weighted by molar-refractivity contribution is 5.75. The Morgan fingerprint density at radius 1 is 1.23 bits per heavy atom. The third-order valence-corrected chi connectivity index (χ3v) is 6.47. The third kappa shape index (κ3) is 7.57. The summed E-state index contributed by atoms with van der Waals surface area (Å²) in [6.07, 6.45) is 13.7. The quantitative estimate of drug-likeness (QED) is 0.198. The molecule has 2 atom stereocenters. The van der Waals surface area contributed by atoms with Crippen LogP contribution in [0.5, 0.6) is 11.6 Å². The van der Waals surface area contributed by atoms with Crippen LogP contribution in [-0.4, -0.2) is 70.3 Å². The Morgan fingerprint density at radius 3 is 2.74 bits per heavy atom. The van der Waals surface area contributed by atoms with Crippen LogP contribution in [0.25, 0.3) is 16.9 Å². The van der Waals surface area contributed by atoms with E-state index in [0.29, 0.717) is 61.3 Å². The molecule has 2 amide bonds. The lowest BCUT2D eigenvalue weighted by Crippen LogP contribution is -2.45. The third-order valence-electron chi connectivity index (χ3n) is 6.47. The summed E-state index contributed by atoms with van der Waals surface area (Å²) >= 11 is 0. The first-order valence-electron chi connectivity index (χ1n) is 13.3. The molecule has 0 aliphatic heterocycles. The molecule has 10 heteroatoms. The van der Waals surface area contributed by atoms with E-state index in [2.05, 4.69) is 28.4 Å². The van der Waals surface area contributed by atoms with Crippen molar-refractivity contribution in [2.24, 2.45) is 0 Å². The van der Waals surface area contributed by atoms with Gasteiger partial charge in [-0.2, -0.15) is 0 Å². The van der Waals surface area contributed by atoms with Crippen LogP contribution in [-0.2, 0) is 4.74 Å². The molecule has 0 spiro atoms. The van der Waals surface area contributed by atoms with Gasteiger partial charge in [0.2, 0.25) is 5.65 Å². The molecule has 0 aromatic carbocycles. The molecule has 0 aliphatic rings. The summed E-state index contributed by atoms with van der Waals surface area (Å²) in [6.45, 7) is 13.1. The number of imidazole rings is 1. The minimum atomic E-state index is -0.302. The van der Waals surface area contributed by atoms with Gasteiger partial charge in [0.25, 0.3) is 5.88 Å². The highest BCUT2D eigenvalue weighted by Crippen LogP contribution is 2.33. The molecule has 3 heterocycles. The molecular formula is C29H40N6O4. The van der Waals surface area contributed by atoms with Gasteiger partial charge in [-0.3, -0.25) is 4.98 Å². The van der Waals surface area contributed by atoms with Gasteiger partial charge in [-0.25, -0.2) is 14.8 Å². The van der Waals surface area contributed by atoms with E-state index >= 15 is 0 Å². The zero-order valence-electron chi connectivity index (χ0n) is 23.4. The number of ether oxygens (including phenoxy) is 3. The van der Waals surface area contributed by atoms with Crippen LogP contribution in [0.3, 0.4) is 0 Å². The van der Waals surface area contributed by atoms with E-state index in [0.717, 1.165) is 18.4 Å². The van der Waals surface area contributed by atoms with Crippen LogP contribution < -0.4 is 14.8 Å². The van der Waals surface area contributed by atoms with Gasteiger partial charge in [0.15, 0.2) is 0 Å². The van der Waals surface area contributed by atoms with Crippen molar-refractivity contribution in [2.45, 2.75) is 51.6 Å². The number of pyridine rings is 1. The van der Waals surface area contributed by atoms with Gasteiger partial charge < -0.3 is 28.8 Å². The summed E-state index contributed by atoms with van der Waals surface area (Å²) in [7, 11) is 3.27. The van der Waals surface area contributed by atoms with E-state index in [1.807, 2.05) is 42.8 Å². The fourth-order valence-electron chi connectivity index (χ4n) is 4.35. The van der Waals surface area contributed by atoms with Crippen LogP contribution >= 0.6 is 0 Å². The van der Waals surface area contributed by atoms with E-state index in [1.54, 1.807) is 37.6 Å². The number of nitrogens with one attached hydrogen (secondary N) is 1. The maximum atomic E-state index is 13.3. The van der Waals surface area contributed by atoms with Crippen molar-refractivity contribution in [3.8, 4) is 22.9 Å². The zero-order valence-corrected chi connectivity index (χ0v) is 23.4. The first-order chi connectivity index (χ1) is 19.0. The van der Waals surface area contributed by atoms with Gasteiger partial charge >= 0.3 is 6.03 Å². The second kappa shape index (κ2) is 14.9. The largest absolute Gasteiger partial charge is 0.494 e. The summed E-state index contributed by atoms with van der Waals surface area (Å²) in [4.78, 5) is 28.9. The molecule has 10 nitrogen and oxygen atoms in total. The number of amides is 2. The number of nitrogens with zero attached hydrogens (tertiary/aromatic N) is 5.